The van der Waals surface area contributed by atoms with Crippen LogP contribution in [0.3, 0.4) is 0 Å². The molecule has 0 saturated heterocycles. The Morgan fingerprint density at radius 1 is 0.818 bits per heavy atom. The second kappa shape index (κ2) is 6.65. The van der Waals surface area contributed by atoms with Crippen molar-refractivity contribution in [2.75, 3.05) is 16.8 Å². The van der Waals surface area contributed by atoms with Gasteiger partial charge in [-0.25, -0.2) is 0 Å². The van der Waals surface area contributed by atoms with E-state index in [4.69, 9.17) is 4.74 Å². The van der Waals surface area contributed by atoms with Crippen molar-refractivity contribution >= 4 is 29.5 Å². The number of benzene rings is 3. The van der Waals surface area contributed by atoms with E-state index in [2.05, 4.69) is 0 Å². The minimum Gasteiger partial charge on any atom is -0.478 e. The second-order valence-electron chi connectivity index (χ2n) is 8.52. The lowest BCUT2D eigenvalue weighted by atomic mass is 9.62. The Bertz CT molecular complexity index is 1370. The molecule has 6 rings (SSSR count). The Labute approximate surface area is 190 Å². The third-order valence-electron chi connectivity index (χ3n) is 7.05. The molecular formula is C27H20N2O4. The Morgan fingerprint density at radius 2 is 1.45 bits per heavy atom. The highest BCUT2D eigenvalue weighted by molar-refractivity contribution is 6.22. The lowest BCUT2D eigenvalue weighted by Crippen LogP contribution is -2.59. The van der Waals surface area contributed by atoms with E-state index >= 15 is 0 Å². The molecule has 3 aliphatic heterocycles. The van der Waals surface area contributed by atoms with Gasteiger partial charge in [-0.2, -0.15) is 0 Å². The van der Waals surface area contributed by atoms with Gasteiger partial charge in [-0.05, 0) is 17.7 Å². The number of hydrogen-bond donors (Lipinski definition) is 0. The van der Waals surface area contributed by atoms with Gasteiger partial charge in [-0.15, -0.1) is 0 Å². The molecule has 3 heterocycles. The summed E-state index contributed by atoms with van der Waals surface area (Å²) in [6, 6.07) is 24.3. The van der Waals surface area contributed by atoms with Crippen LogP contribution >= 0.6 is 0 Å². The highest BCUT2D eigenvalue weighted by Crippen LogP contribution is 2.64. The first-order valence-electron chi connectivity index (χ1n) is 10.7. The maximum absolute atomic E-state index is 14.4. The number of carbonyl (C=O) groups excluding carboxylic acids is 3. The number of rotatable bonds is 3. The summed E-state index contributed by atoms with van der Waals surface area (Å²) in [5.74, 6) is -0.719. The zero-order chi connectivity index (χ0) is 22.8. The molecule has 0 N–H and O–H groups in total. The van der Waals surface area contributed by atoms with Crippen LogP contribution in [0.2, 0.25) is 0 Å². The van der Waals surface area contributed by atoms with Gasteiger partial charge in [0.25, 0.3) is 5.91 Å². The van der Waals surface area contributed by atoms with E-state index in [0.717, 1.165) is 5.56 Å². The standard InChI is InChI=1S/C27H20N2O4/c1-28-22-13-7-5-11-20(22)26(24(28)31)19(16-30)17-33-27(26)21-12-6-8-14-23(21)29(25(27)32)15-18-9-3-2-4-10-18/h2-14,16-17H,15H2,1H3. The van der Waals surface area contributed by atoms with Gasteiger partial charge < -0.3 is 14.5 Å². The van der Waals surface area contributed by atoms with Crippen molar-refractivity contribution in [1.82, 2.24) is 0 Å². The van der Waals surface area contributed by atoms with Crippen molar-refractivity contribution in [2.24, 2.45) is 0 Å². The first kappa shape index (κ1) is 19.5. The van der Waals surface area contributed by atoms with Gasteiger partial charge in [-0.3, -0.25) is 14.4 Å². The Morgan fingerprint density at radius 3 is 2.18 bits per heavy atom. The van der Waals surface area contributed by atoms with Crippen LogP contribution in [0.15, 0.2) is 90.7 Å². The van der Waals surface area contributed by atoms with Gasteiger partial charge in [0.15, 0.2) is 11.7 Å². The molecule has 0 bridgehead atoms. The molecule has 0 saturated carbocycles. The molecule has 33 heavy (non-hydrogen) atoms. The van der Waals surface area contributed by atoms with E-state index in [-0.39, 0.29) is 17.4 Å². The number of aldehydes is 1. The molecule has 6 nitrogen and oxygen atoms in total. The first-order chi connectivity index (χ1) is 16.1. The van der Waals surface area contributed by atoms with Crippen molar-refractivity contribution in [3.05, 3.63) is 107 Å². The first-order valence-corrected chi connectivity index (χ1v) is 10.7. The summed E-state index contributed by atoms with van der Waals surface area (Å²) in [6.45, 7) is 0.319. The van der Waals surface area contributed by atoms with E-state index in [9.17, 15) is 14.4 Å². The van der Waals surface area contributed by atoms with Gasteiger partial charge in [0, 0.05) is 23.9 Å². The molecule has 0 fully saturated rings. The maximum atomic E-state index is 14.4. The Hall–Kier alpha value is -4.19. The predicted octanol–water partition coefficient (Wildman–Crippen LogP) is 3.46. The van der Waals surface area contributed by atoms with E-state index < -0.39 is 11.0 Å². The zero-order valence-electron chi connectivity index (χ0n) is 17.9. The van der Waals surface area contributed by atoms with Gasteiger partial charge in [0.05, 0.1) is 24.1 Å². The monoisotopic (exact) mass is 436 g/mol. The molecule has 0 aliphatic carbocycles. The third-order valence-corrected chi connectivity index (χ3v) is 7.05. The van der Waals surface area contributed by atoms with Crippen molar-refractivity contribution in [1.29, 1.82) is 0 Å². The number of anilines is 2. The summed E-state index contributed by atoms with van der Waals surface area (Å²) in [6.07, 6.45) is 1.93. The molecule has 2 amide bonds. The van der Waals surface area contributed by atoms with Crippen LogP contribution in [0.25, 0.3) is 0 Å². The summed E-state index contributed by atoms with van der Waals surface area (Å²) >= 11 is 0. The molecule has 2 unspecified atom stereocenters. The molecule has 2 spiro atoms. The Kier molecular flexibility index (Phi) is 3.93. The molecule has 0 radical (unpaired) electrons. The van der Waals surface area contributed by atoms with Crippen LogP contribution < -0.4 is 9.80 Å². The zero-order valence-corrected chi connectivity index (χ0v) is 17.9. The number of nitrogens with zero attached hydrogens (tertiary/aromatic N) is 2. The quantitative estimate of drug-likeness (QED) is 0.590. The smallest absolute Gasteiger partial charge is 0.278 e. The lowest BCUT2D eigenvalue weighted by Gasteiger charge is -2.38. The number of likely N-dealkylation sites (N-methyl/N-ethyl adjacent to an activating group) is 1. The van der Waals surface area contributed by atoms with Crippen LogP contribution in [0, 0.1) is 0 Å². The average molecular weight is 436 g/mol. The topological polar surface area (TPSA) is 66.9 Å². The van der Waals surface area contributed by atoms with Crippen LogP contribution in [0.1, 0.15) is 16.7 Å². The molecule has 162 valence electrons. The van der Waals surface area contributed by atoms with E-state index in [1.54, 1.807) is 18.0 Å². The molecule has 3 aliphatic rings. The normalized spacial score (nSPS) is 24.8. The van der Waals surface area contributed by atoms with Crippen LogP contribution in [0.4, 0.5) is 11.4 Å². The van der Waals surface area contributed by atoms with Crippen LogP contribution in [-0.4, -0.2) is 25.1 Å². The molecule has 2 atom stereocenters. The predicted molar refractivity (Wildman–Crippen MR) is 123 cm³/mol. The van der Waals surface area contributed by atoms with Gasteiger partial charge in [0.2, 0.25) is 11.5 Å². The minimum absolute atomic E-state index is 0.147. The van der Waals surface area contributed by atoms with E-state index in [0.29, 0.717) is 35.3 Å². The number of fused-ring (bicyclic) bond motifs is 5. The van der Waals surface area contributed by atoms with E-state index in [1.165, 1.54) is 11.2 Å². The SMILES string of the molecule is CN1C(=O)C2(C(C=O)=COC23C(=O)N(Cc2ccccc2)c2ccccc23)c2ccccc21. The number of ether oxygens (including phenoxy) is 1. The summed E-state index contributed by atoms with van der Waals surface area (Å²) in [5.41, 5.74) is 0.303. The summed E-state index contributed by atoms with van der Waals surface area (Å²) < 4.78 is 6.19. The number of hydrogen-bond acceptors (Lipinski definition) is 4. The number of amides is 2. The van der Waals surface area contributed by atoms with Gasteiger partial charge in [-0.1, -0.05) is 66.7 Å². The summed E-state index contributed by atoms with van der Waals surface area (Å²) in [7, 11) is 1.66. The fourth-order valence-electron chi connectivity index (χ4n) is 5.65. The fourth-order valence-corrected chi connectivity index (χ4v) is 5.65. The maximum Gasteiger partial charge on any atom is 0.278 e. The molecular weight excluding hydrogens is 416 g/mol. The highest BCUT2D eigenvalue weighted by atomic mass is 16.5. The second-order valence-corrected chi connectivity index (χ2v) is 8.52. The third kappa shape index (κ3) is 2.15. The molecule has 6 heteroatoms. The molecule has 0 aromatic heterocycles. The van der Waals surface area contributed by atoms with E-state index in [1.807, 2.05) is 72.8 Å². The van der Waals surface area contributed by atoms with Crippen molar-refractivity contribution in [3.8, 4) is 0 Å². The van der Waals surface area contributed by atoms with Gasteiger partial charge >= 0.3 is 0 Å². The summed E-state index contributed by atoms with van der Waals surface area (Å²) in [4.78, 5) is 43.9. The highest BCUT2D eigenvalue weighted by Gasteiger charge is 2.76. The lowest BCUT2D eigenvalue weighted by molar-refractivity contribution is -0.147. The average Bonchev–Trinajstić information content (AvgIpc) is 3.41. The largest absolute Gasteiger partial charge is 0.478 e. The van der Waals surface area contributed by atoms with Crippen molar-refractivity contribution in [2.45, 2.75) is 17.6 Å². The summed E-state index contributed by atoms with van der Waals surface area (Å²) in [5, 5.41) is 0. The molecule has 3 aromatic carbocycles. The van der Waals surface area contributed by atoms with Crippen molar-refractivity contribution in [3.63, 3.8) is 0 Å². The molecule has 3 aromatic rings. The van der Waals surface area contributed by atoms with Gasteiger partial charge in [0.1, 0.15) is 0 Å². The minimum atomic E-state index is -1.70. The van der Waals surface area contributed by atoms with Crippen LogP contribution in [0.5, 0.6) is 0 Å². The fraction of sp³-hybridized carbons (Fsp3) is 0.148. The van der Waals surface area contributed by atoms with Crippen molar-refractivity contribution < 1.29 is 19.1 Å². The number of para-hydroxylation sites is 2. The van der Waals surface area contributed by atoms with Crippen LogP contribution in [-0.2, 0) is 36.7 Å². The Balaban J connectivity index is 1.64. The number of carbonyl (C=O) groups is 3.